The van der Waals surface area contributed by atoms with E-state index in [1.807, 2.05) is 0 Å². The van der Waals surface area contributed by atoms with Crippen molar-refractivity contribution in [2.24, 2.45) is 5.16 Å². The third-order valence-electron chi connectivity index (χ3n) is 0.849. The van der Waals surface area contributed by atoms with E-state index in [0.717, 1.165) is 14.0 Å². The zero-order chi connectivity index (χ0) is 11.4. The normalized spacial score (nSPS) is 15.8. The summed E-state index contributed by atoms with van der Waals surface area (Å²) in [5.41, 5.74) is -0.691. The van der Waals surface area contributed by atoms with Gasteiger partial charge in [-0.25, -0.2) is 4.79 Å². The van der Waals surface area contributed by atoms with Crippen LogP contribution in [0.1, 0.15) is 11.0 Å². The van der Waals surface area contributed by atoms with Crippen LogP contribution in [0.15, 0.2) is 5.16 Å². The van der Waals surface area contributed by atoms with E-state index >= 15 is 0 Å². The molecule has 0 aliphatic heterocycles. The lowest BCUT2D eigenvalue weighted by Gasteiger charge is -1.97. The van der Waals surface area contributed by atoms with Gasteiger partial charge < -0.3 is 9.57 Å². The second-order valence-corrected chi connectivity index (χ2v) is 1.58. The zero-order valence-corrected chi connectivity index (χ0v) is 6.08. The lowest BCUT2D eigenvalue weighted by Crippen LogP contribution is -2.23. The number of esters is 1. The number of rotatable bonds is 3. The van der Waals surface area contributed by atoms with E-state index in [1.165, 1.54) is 0 Å². The SMILES string of the molecule is [2H]C([2H])([2H])O/N=C(/C(C)=O)C(=O)OC. The van der Waals surface area contributed by atoms with Crippen molar-refractivity contribution in [3.63, 3.8) is 0 Å². The molecule has 0 amide bonds. The maximum Gasteiger partial charge on any atom is 0.363 e. The molecule has 0 bridgehead atoms. The molecule has 0 saturated heterocycles. The highest BCUT2D eigenvalue weighted by Gasteiger charge is 2.17. The minimum absolute atomic E-state index is 0.691. The molecule has 5 nitrogen and oxygen atoms in total. The summed E-state index contributed by atoms with van der Waals surface area (Å²) in [6.07, 6.45) is 0. The average Bonchev–Trinajstić information content (AvgIpc) is 2.01. The third kappa shape index (κ3) is 2.79. The molecule has 0 aromatic carbocycles. The molecule has 0 aromatic heterocycles. The smallest absolute Gasteiger partial charge is 0.363 e. The van der Waals surface area contributed by atoms with Crippen LogP contribution in [-0.4, -0.2) is 31.6 Å². The van der Waals surface area contributed by atoms with Crippen LogP contribution in [0.5, 0.6) is 0 Å². The minimum Gasteiger partial charge on any atom is -0.464 e. The Hall–Kier alpha value is -1.39. The lowest BCUT2D eigenvalue weighted by atomic mass is 10.3. The first-order chi connectivity index (χ1) is 6.28. The number of hydrogen-bond acceptors (Lipinski definition) is 5. The van der Waals surface area contributed by atoms with Gasteiger partial charge in [0.25, 0.3) is 0 Å². The molecule has 0 radical (unpaired) electrons. The van der Waals surface area contributed by atoms with Crippen LogP contribution >= 0.6 is 0 Å². The predicted molar refractivity (Wildman–Crippen MR) is 37.1 cm³/mol. The first-order valence-corrected chi connectivity index (χ1v) is 2.63. The van der Waals surface area contributed by atoms with E-state index in [0.29, 0.717) is 0 Å². The van der Waals surface area contributed by atoms with Gasteiger partial charge in [-0.15, -0.1) is 0 Å². The molecule has 11 heavy (non-hydrogen) atoms. The van der Waals surface area contributed by atoms with Crippen LogP contribution in [-0.2, 0) is 19.2 Å². The summed E-state index contributed by atoms with van der Waals surface area (Å²) in [6.45, 7) is 1.04. The van der Waals surface area contributed by atoms with E-state index in [-0.39, 0.29) is 0 Å². The molecular formula is C6H9NO4. The second kappa shape index (κ2) is 4.43. The molecule has 0 aliphatic rings. The van der Waals surface area contributed by atoms with E-state index in [4.69, 9.17) is 4.11 Å². The molecule has 0 heterocycles. The zero-order valence-electron chi connectivity index (χ0n) is 9.08. The highest BCUT2D eigenvalue weighted by Crippen LogP contribution is 1.86. The summed E-state index contributed by atoms with van der Waals surface area (Å²) in [7, 11) is -1.76. The molecule has 0 atom stereocenters. The van der Waals surface area contributed by atoms with Crippen molar-refractivity contribution in [1.82, 2.24) is 0 Å². The van der Waals surface area contributed by atoms with E-state index in [2.05, 4.69) is 14.7 Å². The number of carbonyl (C=O) groups excluding carboxylic acids is 2. The van der Waals surface area contributed by atoms with Crippen molar-refractivity contribution < 1.29 is 23.3 Å². The first-order valence-electron chi connectivity index (χ1n) is 4.13. The van der Waals surface area contributed by atoms with Crippen LogP contribution in [0.3, 0.4) is 0 Å². The Labute approximate surface area is 68.2 Å². The Bertz CT molecular complexity index is 271. The summed E-state index contributed by atoms with van der Waals surface area (Å²) < 4.78 is 24.0. The summed E-state index contributed by atoms with van der Waals surface area (Å²) in [6, 6.07) is 0. The van der Waals surface area contributed by atoms with Gasteiger partial charge in [0.1, 0.15) is 7.04 Å². The van der Waals surface area contributed by atoms with E-state index < -0.39 is 24.5 Å². The number of ether oxygens (including phenoxy) is 1. The Morgan fingerprint density at radius 2 is 2.18 bits per heavy atom. The first kappa shape index (κ1) is 5.29. The van der Waals surface area contributed by atoms with Crippen molar-refractivity contribution >= 4 is 17.5 Å². The Kier molecular flexibility index (Phi) is 2.13. The predicted octanol–water partition coefficient (Wildman–Crippen LogP) is -0.249. The fourth-order valence-electron chi connectivity index (χ4n) is 0.388. The molecule has 0 spiro atoms. The fourth-order valence-corrected chi connectivity index (χ4v) is 0.388. The molecule has 0 fully saturated rings. The maximum absolute atomic E-state index is 10.8. The minimum atomic E-state index is -2.80. The van der Waals surface area contributed by atoms with Gasteiger partial charge in [0.15, 0.2) is 5.78 Å². The highest BCUT2D eigenvalue weighted by molar-refractivity contribution is 6.63. The number of oxime groups is 1. The Balaban J connectivity index is 4.67. The summed E-state index contributed by atoms with van der Waals surface area (Å²) in [5, 5.41) is 2.90. The number of methoxy groups -OCH3 is 1. The molecular weight excluding hydrogens is 150 g/mol. The Morgan fingerprint density at radius 3 is 2.55 bits per heavy atom. The lowest BCUT2D eigenvalue weighted by molar-refractivity contribution is -0.133. The van der Waals surface area contributed by atoms with Crippen LogP contribution in [0.2, 0.25) is 0 Å². The third-order valence-corrected chi connectivity index (χ3v) is 0.849. The van der Waals surface area contributed by atoms with E-state index in [1.54, 1.807) is 0 Å². The van der Waals surface area contributed by atoms with Crippen LogP contribution in [0.4, 0.5) is 0 Å². The number of nitrogens with zero attached hydrogens (tertiary/aromatic N) is 1. The van der Waals surface area contributed by atoms with Gasteiger partial charge in [0, 0.05) is 6.92 Å². The van der Waals surface area contributed by atoms with Crippen LogP contribution in [0.25, 0.3) is 0 Å². The van der Waals surface area contributed by atoms with Crippen molar-refractivity contribution in [2.45, 2.75) is 6.92 Å². The molecule has 0 aromatic rings. The molecule has 0 aliphatic carbocycles. The molecule has 0 rings (SSSR count). The van der Waals surface area contributed by atoms with Crippen molar-refractivity contribution in [2.75, 3.05) is 14.1 Å². The van der Waals surface area contributed by atoms with E-state index in [9.17, 15) is 9.59 Å². The van der Waals surface area contributed by atoms with Crippen molar-refractivity contribution in [3.8, 4) is 0 Å². The molecule has 0 N–H and O–H groups in total. The summed E-state index contributed by atoms with van der Waals surface area (Å²) >= 11 is 0. The molecule has 0 unspecified atom stereocenters. The summed E-state index contributed by atoms with van der Waals surface area (Å²) in [5.74, 6) is -1.78. The summed E-state index contributed by atoms with van der Waals surface area (Å²) in [4.78, 5) is 25.5. The largest absolute Gasteiger partial charge is 0.464 e. The van der Waals surface area contributed by atoms with Crippen molar-refractivity contribution in [3.05, 3.63) is 0 Å². The Morgan fingerprint density at radius 1 is 1.55 bits per heavy atom. The highest BCUT2D eigenvalue weighted by atomic mass is 16.6. The number of hydrogen-bond donors (Lipinski definition) is 0. The topological polar surface area (TPSA) is 65.0 Å². The van der Waals surface area contributed by atoms with Crippen LogP contribution < -0.4 is 0 Å². The monoisotopic (exact) mass is 162 g/mol. The molecule has 5 heteroatoms. The standard InChI is InChI=1S/C6H9NO4/c1-4(8)5(7-11-3)6(9)10-2/h1-3H3/b7-5-/i3D3. The quantitative estimate of drug-likeness (QED) is 0.248. The fraction of sp³-hybridized carbons (Fsp3) is 0.500. The van der Waals surface area contributed by atoms with Gasteiger partial charge >= 0.3 is 5.97 Å². The van der Waals surface area contributed by atoms with Gasteiger partial charge in [-0.3, -0.25) is 4.79 Å². The maximum atomic E-state index is 10.8. The number of ketones is 1. The number of carbonyl (C=O) groups is 2. The van der Waals surface area contributed by atoms with Gasteiger partial charge in [0.2, 0.25) is 5.71 Å². The van der Waals surface area contributed by atoms with Gasteiger partial charge in [-0.05, 0) is 0 Å². The second-order valence-electron chi connectivity index (χ2n) is 1.58. The van der Waals surface area contributed by atoms with Gasteiger partial charge in [-0.1, -0.05) is 5.16 Å². The van der Waals surface area contributed by atoms with Gasteiger partial charge in [0.05, 0.1) is 11.2 Å². The average molecular weight is 162 g/mol. The van der Waals surface area contributed by atoms with Crippen LogP contribution in [0, 0.1) is 0 Å². The van der Waals surface area contributed by atoms with Gasteiger partial charge in [-0.2, -0.15) is 0 Å². The molecule has 62 valence electrons. The number of Topliss-reactive ketones (excluding diaryl/α,β-unsaturated/α-hetero) is 1. The molecule has 0 saturated carbocycles. The van der Waals surface area contributed by atoms with Crippen molar-refractivity contribution in [1.29, 1.82) is 0 Å².